The van der Waals surface area contributed by atoms with Crippen molar-refractivity contribution >= 4 is 24.1 Å². The number of benzene rings is 2. The Balaban J connectivity index is 0.000000592. The minimum Gasteiger partial charge on any atom is -0.394 e. The highest BCUT2D eigenvalue weighted by Crippen LogP contribution is 2.23. The molecule has 0 bridgehead atoms. The SMILES string of the molecule is C/C(=C\C(C(C)C)N(C)C(=O)CNC=O)C(=O)N1CCC[C@H]1C(=O)N[C@H](CO)c1ccccc1.CC(C)C.CC(C)N1CCCCC1.c1ccccc1. The van der Waals surface area contributed by atoms with E-state index in [4.69, 9.17) is 0 Å². The van der Waals surface area contributed by atoms with Crippen LogP contribution in [0.5, 0.6) is 0 Å². The largest absolute Gasteiger partial charge is 0.394 e. The van der Waals surface area contributed by atoms with Gasteiger partial charge in [0.15, 0.2) is 0 Å². The zero-order valence-corrected chi connectivity index (χ0v) is 34.0. The van der Waals surface area contributed by atoms with Crippen LogP contribution in [0.25, 0.3) is 0 Å². The fourth-order valence-electron chi connectivity index (χ4n) is 6.02. The molecule has 2 heterocycles. The number of nitrogens with zero attached hydrogens (tertiary/aromatic N) is 3. The molecule has 53 heavy (non-hydrogen) atoms. The Kier molecular flexibility index (Phi) is 23.7. The minimum absolute atomic E-state index is 0.0294. The van der Waals surface area contributed by atoms with Crippen LogP contribution in [-0.2, 0) is 19.2 Å². The zero-order chi connectivity index (χ0) is 39.8. The Morgan fingerprint density at radius 3 is 1.83 bits per heavy atom. The summed E-state index contributed by atoms with van der Waals surface area (Å²) in [4.78, 5) is 54.8. The normalized spacial score (nSPS) is 16.9. The van der Waals surface area contributed by atoms with Crippen LogP contribution in [-0.4, -0.2) is 102 Å². The molecule has 0 aromatic heterocycles. The molecule has 0 aliphatic carbocycles. The zero-order valence-electron chi connectivity index (χ0n) is 34.0. The number of hydrogen-bond donors (Lipinski definition) is 3. The summed E-state index contributed by atoms with van der Waals surface area (Å²) in [5, 5.41) is 15.0. The van der Waals surface area contributed by atoms with Gasteiger partial charge in [0.2, 0.25) is 24.1 Å². The summed E-state index contributed by atoms with van der Waals surface area (Å²) in [5.74, 6) is 0.0445. The van der Waals surface area contributed by atoms with Crippen molar-refractivity contribution in [2.24, 2.45) is 11.8 Å². The summed E-state index contributed by atoms with van der Waals surface area (Å²) in [5.41, 5.74) is 1.24. The van der Waals surface area contributed by atoms with Gasteiger partial charge in [-0.05, 0) is 76.9 Å². The van der Waals surface area contributed by atoms with Crippen molar-refractivity contribution < 1.29 is 24.3 Å². The van der Waals surface area contributed by atoms with E-state index in [2.05, 4.69) is 50.2 Å². The van der Waals surface area contributed by atoms with Gasteiger partial charge in [-0.15, -0.1) is 0 Å². The average molecular weight is 736 g/mol. The lowest BCUT2D eigenvalue weighted by Crippen LogP contribution is -2.48. The molecule has 0 spiro atoms. The number of likely N-dealkylation sites (tertiary alicyclic amines) is 2. The molecule has 4 amide bonds. The third-order valence-corrected chi connectivity index (χ3v) is 8.92. The van der Waals surface area contributed by atoms with Crippen molar-refractivity contribution in [2.75, 3.05) is 39.8 Å². The summed E-state index contributed by atoms with van der Waals surface area (Å²) in [7, 11) is 1.64. The van der Waals surface area contributed by atoms with E-state index >= 15 is 0 Å². The second kappa shape index (κ2) is 26.7. The van der Waals surface area contributed by atoms with Gasteiger partial charge in [0.25, 0.3) is 0 Å². The van der Waals surface area contributed by atoms with Gasteiger partial charge in [-0.3, -0.25) is 19.2 Å². The minimum atomic E-state index is -0.623. The lowest BCUT2D eigenvalue weighted by Gasteiger charge is -2.30. The molecule has 2 aromatic carbocycles. The molecule has 2 aliphatic heterocycles. The van der Waals surface area contributed by atoms with Gasteiger partial charge < -0.3 is 30.4 Å². The Morgan fingerprint density at radius 1 is 0.849 bits per heavy atom. The number of carbonyl (C=O) groups excluding carboxylic acids is 4. The summed E-state index contributed by atoms with van der Waals surface area (Å²) < 4.78 is 0. The number of carbonyl (C=O) groups is 4. The standard InChI is InChI=1S/C25H36N4O5.C8H17N.C6H6.C4H10/c1-17(2)22(28(4)23(32)14-26-16-31)13-18(3)25(34)29-12-8-11-21(29)24(33)27-20(15-30)19-9-6-5-7-10-19;1-8(2)9-6-4-3-5-7-9;1-2-4-6-5-3-1;1-4(2)3/h5-7,9-10,13,16-17,20-22,30H,8,11-12,14-15H2,1-4H3,(H,26,31)(H,27,33);8H,3-7H2,1-2H3;1-6H;4H,1-3H3/b18-13+;;;/t20-,21+,22?;;;/m1.../s1. The Hall–Kier alpha value is -4.02. The maximum Gasteiger partial charge on any atom is 0.249 e. The van der Waals surface area contributed by atoms with E-state index in [9.17, 15) is 24.3 Å². The number of rotatable bonds is 12. The molecule has 10 nitrogen and oxygen atoms in total. The fourth-order valence-corrected chi connectivity index (χ4v) is 6.02. The van der Waals surface area contributed by atoms with Crippen molar-refractivity contribution in [3.8, 4) is 0 Å². The van der Waals surface area contributed by atoms with E-state index in [0.29, 0.717) is 31.4 Å². The first kappa shape index (κ1) is 47.0. The lowest BCUT2D eigenvalue weighted by atomic mass is 9.99. The molecule has 3 N–H and O–H groups in total. The summed E-state index contributed by atoms with van der Waals surface area (Å²) >= 11 is 0. The van der Waals surface area contributed by atoms with Crippen LogP contribution >= 0.6 is 0 Å². The lowest BCUT2D eigenvalue weighted by molar-refractivity contribution is -0.136. The monoisotopic (exact) mass is 736 g/mol. The average Bonchev–Trinajstić information content (AvgIpc) is 3.66. The number of piperidine rings is 1. The molecule has 3 atom stereocenters. The Labute approximate surface area is 320 Å². The van der Waals surface area contributed by atoms with Gasteiger partial charge in [-0.2, -0.15) is 0 Å². The topological polar surface area (TPSA) is 122 Å². The van der Waals surface area contributed by atoms with E-state index in [1.54, 1.807) is 24.9 Å². The van der Waals surface area contributed by atoms with Crippen LogP contribution in [0, 0.1) is 11.8 Å². The first-order valence-corrected chi connectivity index (χ1v) is 19.4. The predicted molar refractivity (Wildman–Crippen MR) is 216 cm³/mol. The summed E-state index contributed by atoms with van der Waals surface area (Å²) in [6, 6.07) is 20.5. The third-order valence-electron chi connectivity index (χ3n) is 8.92. The molecule has 1 unspecified atom stereocenters. The Bertz CT molecular complexity index is 1300. The highest BCUT2D eigenvalue weighted by Gasteiger charge is 2.36. The maximum absolute atomic E-state index is 13.3. The van der Waals surface area contributed by atoms with Crippen molar-refractivity contribution in [1.29, 1.82) is 0 Å². The van der Waals surface area contributed by atoms with Crippen LogP contribution in [0.2, 0.25) is 0 Å². The van der Waals surface area contributed by atoms with Crippen molar-refractivity contribution in [2.45, 2.75) is 112 Å². The van der Waals surface area contributed by atoms with Crippen LogP contribution in [0.3, 0.4) is 0 Å². The van der Waals surface area contributed by atoms with Gasteiger partial charge in [0.1, 0.15) is 6.04 Å². The number of aliphatic hydroxyl groups is 1. The molecule has 4 rings (SSSR count). The van der Waals surface area contributed by atoms with Gasteiger partial charge >= 0.3 is 0 Å². The summed E-state index contributed by atoms with van der Waals surface area (Å²) in [6.45, 7) is 19.4. The molecular weight excluding hydrogens is 667 g/mol. The number of amides is 4. The number of nitrogens with one attached hydrogen (secondary N) is 2. The number of likely N-dealkylation sites (N-methyl/N-ethyl adjacent to an activating group) is 1. The molecular formula is C43H69N5O5. The maximum atomic E-state index is 13.3. The van der Waals surface area contributed by atoms with Crippen LogP contribution in [0.4, 0.5) is 0 Å². The van der Waals surface area contributed by atoms with Crippen molar-refractivity contribution in [3.63, 3.8) is 0 Å². The molecule has 0 radical (unpaired) electrons. The Morgan fingerprint density at radius 2 is 1.38 bits per heavy atom. The molecule has 2 fully saturated rings. The first-order valence-electron chi connectivity index (χ1n) is 19.4. The number of hydrogen-bond acceptors (Lipinski definition) is 6. The van der Waals surface area contributed by atoms with E-state index in [1.165, 1.54) is 37.3 Å². The van der Waals surface area contributed by atoms with Crippen LogP contribution in [0.15, 0.2) is 78.4 Å². The molecule has 296 valence electrons. The highest BCUT2D eigenvalue weighted by molar-refractivity contribution is 5.97. The third kappa shape index (κ3) is 18.5. The smallest absolute Gasteiger partial charge is 0.249 e. The summed E-state index contributed by atoms with van der Waals surface area (Å²) in [6.07, 6.45) is 7.74. The van der Waals surface area contributed by atoms with E-state index in [-0.39, 0.29) is 42.8 Å². The van der Waals surface area contributed by atoms with E-state index in [0.717, 1.165) is 17.5 Å². The molecule has 2 aliphatic rings. The molecule has 10 heteroatoms. The second-order valence-electron chi connectivity index (χ2n) is 15.0. The molecule has 0 saturated carbocycles. The van der Waals surface area contributed by atoms with Gasteiger partial charge in [-0.25, -0.2) is 0 Å². The van der Waals surface area contributed by atoms with Crippen LogP contribution in [0.1, 0.15) is 99.1 Å². The molecule has 2 aromatic rings. The quantitative estimate of drug-likeness (QED) is 0.176. The van der Waals surface area contributed by atoms with Gasteiger partial charge in [0, 0.05) is 25.2 Å². The second-order valence-corrected chi connectivity index (χ2v) is 15.0. The highest BCUT2D eigenvalue weighted by atomic mass is 16.3. The van der Waals surface area contributed by atoms with E-state index < -0.39 is 12.1 Å². The van der Waals surface area contributed by atoms with Gasteiger partial charge in [-0.1, -0.05) is 114 Å². The molecule has 2 saturated heterocycles. The van der Waals surface area contributed by atoms with Crippen molar-refractivity contribution in [3.05, 3.63) is 83.9 Å². The fraction of sp³-hybridized carbons (Fsp3) is 0.581. The van der Waals surface area contributed by atoms with Gasteiger partial charge in [0.05, 0.1) is 25.2 Å². The van der Waals surface area contributed by atoms with Crippen molar-refractivity contribution in [1.82, 2.24) is 25.3 Å². The predicted octanol–water partition coefficient (Wildman–Crippen LogP) is 6.23. The van der Waals surface area contributed by atoms with E-state index in [1.807, 2.05) is 80.6 Å². The first-order chi connectivity index (χ1) is 25.2. The number of aliphatic hydroxyl groups excluding tert-OH is 1. The van der Waals surface area contributed by atoms with Crippen LogP contribution < -0.4 is 10.6 Å².